The molecule has 0 saturated carbocycles. The number of benzene rings is 1. The summed E-state index contributed by atoms with van der Waals surface area (Å²) in [5.74, 6) is 1.08. The smallest absolute Gasteiger partial charge is 0.256 e. The molecule has 1 fully saturated rings. The largest absolute Gasteiger partial charge is 0.338 e. The van der Waals surface area contributed by atoms with Crippen molar-refractivity contribution in [3.05, 3.63) is 59.8 Å². The highest BCUT2D eigenvalue weighted by atomic mass is 32.2. The maximum Gasteiger partial charge on any atom is 0.256 e. The van der Waals surface area contributed by atoms with Gasteiger partial charge in [-0.05, 0) is 30.4 Å². The lowest BCUT2D eigenvalue weighted by molar-refractivity contribution is 0.0762. The lowest BCUT2D eigenvalue weighted by atomic mass is 10.1. The van der Waals surface area contributed by atoms with Gasteiger partial charge in [0.05, 0.1) is 5.56 Å². The van der Waals surface area contributed by atoms with Crippen molar-refractivity contribution < 1.29 is 4.79 Å². The number of rotatable bonds is 3. The fourth-order valence-electron chi connectivity index (χ4n) is 2.79. The van der Waals surface area contributed by atoms with Crippen molar-refractivity contribution >= 4 is 29.4 Å². The summed E-state index contributed by atoms with van der Waals surface area (Å²) >= 11 is 3.48. The molecule has 120 valence electrons. The van der Waals surface area contributed by atoms with E-state index in [2.05, 4.69) is 29.2 Å². The summed E-state index contributed by atoms with van der Waals surface area (Å²) in [5.41, 5.74) is 2.08. The first kappa shape index (κ1) is 16.4. The van der Waals surface area contributed by atoms with Crippen molar-refractivity contribution in [2.24, 2.45) is 0 Å². The number of hydrogen-bond donors (Lipinski definition) is 0. The Bertz CT molecular complexity index is 663. The number of amides is 1. The third-order valence-electron chi connectivity index (χ3n) is 3.99. The number of nitrogens with zero attached hydrogens (tertiary/aromatic N) is 2. The van der Waals surface area contributed by atoms with Gasteiger partial charge in [0, 0.05) is 30.3 Å². The molecule has 3 nitrogen and oxygen atoms in total. The molecule has 0 unspecified atom stereocenters. The summed E-state index contributed by atoms with van der Waals surface area (Å²) in [7, 11) is 0. The lowest BCUT2D eigenvalue weighted by Gasteiger charge is -2.21. The number of hydrogen-bond acceptors (Lipinski definition) is 4. The molecule has 0 bridgehead atoms. The molecule has 5 heteroatoms. The van der Waals surface area contributed by atoms with Crippen LogP contribution in [0.4, 0.5) is 0 Å². The summed E-state index contributed by atoms with van der Waals surface area (Å²) in [6.45, 7) is 1.60. The fraction of sp³-hybridized carbons (Fsp3) is 0.333. The Morgan fingerprint density at radius 3 is 2.83 bits per heavy atom. The second-order valence-corrected chi connectivity index (χ2v) is 7.52. The van der Waals surface area contributed by atoms with E-state index in [0.29, 0.717) is 5.25 Å². The Morgan fingerprint density at radius 1 is 1.22 bits per heavy atom. The van der Waals surface area contributed by atoms with Crippen molar-refractivity contribution in [3.63, 3.8) is 0 Å². The molecule has 1 saturated heterocycles. The first-order chi connectivity index (χ1) is 11.3. The number of aromatic nitrogens is 1. The highest BCUT2D eigenvalue weighted by Gasteiger charge is 2.24. The molecule has 3 rings (SSSR count). The average Bonchev–Trinajstić information content (AvgIpc) is 2.88. The molecule has 1 aliphatic heterocycles. The Morgan fingerprint density at radius 2 is 2.04 bits per heavy atom. The van der Waals surface area contributed by atoms with E-state index >= 15 is 0 Å². The Labute approximate surface area is 145 Å². The summed E-state index contributed by atoms with van der Waals surface area (Å²) in [4.78, 5) is 19.1. The van der Waals surface area contributed by atoms with Crippen molar-refractivity contribution in [1.82, 2.24) is 9.88 Å². The molecule has 1 atom stereocenters. The molecule has 1 amide bonds. The van der Waals surface area contributed by atoms with Crippen LogP contribution in [-0.2, 0) is 0 Å². The minimum absolute atomic E-state index is 0.108. The van der Waals surface area contributed by atoms with Crippen LogP contribution in [0.15, 0.2) is 53.7 Å². The van der Waals surface area contributed by atoms with Crippen molar-refractivity contribution in [3.8, 4) is 0 Å². The lowest BCUT2D eigenvalue weighted by Crippen LogP contribution is -2.33. The highest BCUT2D eigenvalue weighted by molar-refractivity contribution is 7.99. The minimum Gasteiger partial charge on any atom is -0.338 e. The van der Waals surface area contributed by atoms with Gasteiger partial charge in [-0.2, -0.15) is 11.8 Å². The number of thioether (sulfide) groups is 2. The molecule has 0 aliphatic carbocycles. The summed E-state index contributed by atoms with van der Waals surface area (Å²) < 4.78 is 0. The summed E-state index contributed by atoms with van der Waals surface area (Å²) in [5, 5.41) is 1.29. The highest BCUT2D eigenvalue weighted by Crippen LogP contribution is 2.34. The second-order valence-electron chi connectivity index (χ2n) is 5.41. The zero-order valence-electron chi connectivity index (χ0n) is 13.1. The molecule has 1 aliphatic rings. The third-order valence-corrected chi connectivity index (χ3v) is 6.04. The Kier molecular flexibility index (Phi) is 5.62. The van der Waals surface area contributed by atoms with E-state index in [0.717, 1.165) is 35.9 Å². The van der Waals surface area contributed by atoms with E-state index in [1.54, 1.807) is 6.20 Å². The van der Waals surface area contributed by atoms with Crippen LogP contribution in [0, 0.1) is 0 Å². The molecule has 1 aromatic heterocycles. The normalized spacial score (nSPS) is 18.5. The molecule has 2 heterocycles. The standard InChI is InChI=1S/C18H20N2OS2/c1-22-17-15(8-5-10-19-17)18(21)20-11-9-16(23-13-12-20)14-6-3-2-4-7-14/h2-8,10,16H,9,11-13H2,1H3/t16-/m1/s1. The monoisotopic (exact) mass is 344 g/mol. The van der Waals surface area contributed by atoms with E-state index in [1.165, 1.54) is 17.3 Å². The zero-order chi connectivity index (χ0) is 16.1. The van der Waals surface area contributed by atoms with Crippen molar-refractivity contribution in [2.45, 2.75) is 16.7 Å². The molecular formula is C18H20N2OS2. The molecule has 0 radical (unpaired) electrons. The van der Waals surface area contributed by atoms with Crippen LogP contribution < -0.4 is 0 Å². The van der Waals surface area contributed by atoms with Gasteiger partial charge in [-0.25, -0.2) is 4.98 Å². The van der Waals surface area contributed by atoms with Crippen LogP contribution in [0.2, 0.25) is 0 Å². The third kappa shape index (κ3) is 3.90. The Hall–Kier alpha value is -1.46. The van der Waals surface area contributed by atoms with E-state index in [-0.39, 0.29) is 5.91 Å². The van der Waals surface area contributed by atoms with Gasteiger partial charge in [0.1, 0.15) is 5.03 Å². The zero-order valence-corrected chi connectivity index (χ0v) is 14.8. The Balaban J connectivity index is 1.71. The SMILES string of the molecule is CSc1ncccc1C(=O)N1CCS[C@@H](c2ccccc2)CC1. The number of carbonyl (C=O) groups excluding carboxylic acids is 1. The first-order valence-electron chi connectivity index (χ1n) is 7.74. The van der Waals surface area contributed by atoms with Gasteiger partial charge in [-0.15, -0.1) is 11.8 Å². The van der Waals surface area contributed by atoms with Gasteiger partial charge in [-0.1, -0.05) is 30.3 Å². The van der Waals surface area contributed by atoms with E-state index in [9.17, 15) is 4.79 Å². The average molecular weight is 345 g/mol. The summed E-state index contributed by atoms with van der Waals surface area (Å²) in [6.07, 6.45) is 4.70. The molecule has 0 spiro atoms. The predicted molar refractivity (Wildman–Crippen MR) is 98.2 cm³/mol. The number of carbonyl (C=O) groups is 1. The van der Waals surface area contributed by atoms with Gasteiger partial charge in [0.2, 0.25) is 0 Å². The molecule has 1 aromatic carbocycles. The van der Waals surface area contributed by atoms with Crippen molar-refractivity contribution in [2.75, 3.05) is 25.1 Å². The van der Waals surface area contributed by atoms with Crippen LogP contribution in [0.5, 0.6) is 0 Å². The van der Waals surface area contributed by atoms with Gasteiger partial charge >= 0.3 is 0 Å². The second kappa shape index (κ2) is 7.88. The van der Waals surface area contributed by atoms with Crippen LogP contribution >= 0.6 is 23.5 Å². The van der Waals surface area contributed by atoms with Crippen molar-refractivity contribution in [1.29, 1.82) is 0 Å². The summed E-state index contributed by atoms with van der Waals surface area (Å²) in [6, 6.07) is 14.3. The molecular weight excluding hydrogens is 324 g/mol. The maximum absolute atomic E-state index is 12.8. The molecule has 0 N–H and O–H groups in total. The predicted octanol–water partition coefficient (Wildman–Crippen LogP) is 4.12. The van der Waals surface area contributed by atoms with Gasteiger partial charge in [0.15, 0.2) is 0 Å². The van der Waals surface area contributed by atoms with Crippen LogP contribution in [0.1, 0.15) is 27.6 Å². The topological polar surface area (TPSA) is 33.2 Å². The molecule has 23 heavy (non-hydrogen) atoms. The van der Waals surface area contributed by atoms with E-state index in [1.807, 2.05) is 41.1 Å². The van der Waals surface area contributed by atoms with E-state index < -0.39 is 0 Å². The van der Waals surface area contributed by atoms with Gasteiger partial charge in [-0.3, -0.25) is 4.79 Å². The maximum atomic E-state index is 12.8. The first-order valence-corrected chi connectivity index (χ1v) is 10.0. The van der Waals surface area contributed by atoms with Crippen LogP contribution in [0.25, 0.3) is 0 Å². The van der Waals surface area contributed by atoms with Crippen LogP contribution in [0.3, 0.4) is 0 Å². The quantitative estimate of drug-likeness (QED) is 0.784. The van der Waals surface area contributed by atoms with Gasteiger partial charge in [0.25, 0.3) is 5.91 Å². The fourth-order valence-corrected chi connectivity index (χ4v) is 4.57. The minimum atomic E-state index is 0.108. The molecule has 2 aromatic rings. The number of pyridine rings is 1. The van der Waals surface area contributed by atoms with E-state index in [4.69, 9.17) is 0 Å². The van der Waals surface area contributed by atoms with Crippen LogP contribution in [-0.4, -0.2) is 40.9 Å². The van der Waals surface area contributed by atoms with Gasteiger partial charge < -0.3 is 4.90 Å².